The molecule has 0 fully saturated rings. The third-order valence-electron chi connectivity index (χ3n) is 3.09. The average Bonchev–Trinajstić information content (AvgIpc) is 2.26. The molecule has 1 N–H and O–H groups in total. The molecule has 2 rings (SSSR count). The number of rotatable bonds is 2. The number of hydrogen-bond donors (Lipinski definition) is 1. The van der Waals surface area contributed by atoms with Gasteiger partial charge in [0.2, 0.25) is 0 Å². The number of ketones is 1. The summed E-state index contributed by atoms with van der Waals surface area (Å²) in [6, 6.07) is 7.49. The van der Waals surface area contributed by atoms with Crippen LogP contribution in [0.4, 0.5) is 5.69 Å². The van der Waals surface area contributed by atoms with Crippen LogP contribution in [0.15, 0.2) is 36.0 Å². The molecule has 0 amide bonds. The number of nitrogens with zero attached hydrogens (tertiary/aromatic N) is 1. The summed E-state index contributed by atoms with van der Waals surface area (Å²) in [5.41, 5.74) is 2.63. The van der Waals surface area contributed by atoms with E-state index in [2.05, 4.69) is 25.2 Å². The van der Waals surface area contributed by atoms with Crippen LogP contribution in [0.5, 0.6) is 0 Å². The molecule has 0 saturated heterocycles. The molecule has 0 unspecified atom stereocenters. The largest absolute Gasteiger partial charge is 0.354 e. The predicted molar refractivity (Wildman–Crippen MR) is 82.5 cm³/mol. The number of thiocarbonyl (C=S) groups is 1. The maximum Gasteiger partial charge on any atom is 0.178 e. The van der Waals surface area contributed by atoms with E-state index in [0.717, 1.165) is 11.4 Å². The van der Waals surface area contributed by atoms with Gasteiger partial charge >= 0.3 is 0 Å². The standard InChI is InChI=1S/C15H18N2OS/c1-10-9-15(3,4)16-14(19)17(10)13-7-5-12(6-8-13)11(2)18/h5-9H,1-4H3,(H,16,19). The summed E-state index contributed by atoms with van der Waals surface area (Å²) >= 11 is 5.43. The summed E-state index contributed by atoms with van der Waals surface area (Å²) in [6.45, 7) is 7.77. The van der Waals surface area contributed by atoms with E-state index in [1.54, 1.807) is 6.92 Å². The van der Waals surface area contributed by atoms with Crippen LogP contribution in [0.2, 0.25) is 0 Å². The molecule has 4 heteroatoms. The van der Waals surface area contributed by atoms with Gasteiger partial charge in [0.25, 0.3) is 0 Å². The van der Waals surface area contributed by atoms with Crippen LogP contribution in [0.25, 0.3) is 0 Å². The van der Waals surface area contributed by atoms with Gasteiger partial charge in [-0.1, -0.05) is 0 Å². The van der Waals surface area contributed by atoms with Gasteiger partial charge < -0.3 is 5.32 Å². The molecule has 19 heavy (non-hydrogen) atoms. The molecule has 0 radical (unpaired) electrons. The molecule has 1 aliphatic heterocycles. The third kappa shape index (κ3) is 2.84. The second-order valence-electron chi connectivity index (χ2n) is 5.38. The fourth-order valence-electron chi connectivity index (χ4n) is 2.28. The first-order chi connectivity index (χ1) is 8.80. The SMILES string of the molecule is CC(=O)c1ccc(N2C(=S)NC(C)(C)C=C2C)cc1. The highest BCUT2D eigenvalue weighted by molar-refractivity contribution is 7.80. The van der Waals surface area contributed by atoms with E-state index in [4.69, 9.17) is 12.2 Å². The minimum atomic E-state index is -0.128. The molecule has 0 atom stereocenters. The van der Waals surface area contributed by atoms with Crippen LogP contribution < -0.4 is 10.2 Å². The average molecular weight is 274 g/mol. The smallest absolute Gasteiger partial charge is 0.178 e. The van der Waals surface area contributed by atoms with Gasteiger partial charge in [-0.3, -0.25) is 9.69 Å². The Bertz CT molecular complexity index is 558. The molecule has 3 nitrogen and oxygen atoms in total. The van der Waals surface area contributed by atoms with Crippen LogP contribution in [-0.4, -0.2) is 16.4 Å². The van der Waals surface area contributed by atoms with E-state index in [9.17, 15) is 4.79 Å². The first-order valence-corrected chi connectivity index (χ1v) is 6.64. The van der Waals surface area contributed by atoms with Gasteiger partial charge in [0.05, 0.1) is 5.54 Å². The van der Waals surface area contributed by atoms with Crippen molar-refractivity contribution < 1.29 is 4.79 Å². The Labute approximate surface area is 119 Å². The molecule has 0 aliphatic carbocycles. The zero-order chi connectivity index (χ0) is 14.2. The zero-order valence-electron chi connectivity index (χ0n) is 11.7. The van der Waals surface area contributed by atoms with Crippen LogP contribution in [-0.2, 0) is 0 Å². The van der Waals surface area contributed by atoms with Crippen molar-refractivity contribution in [2.24, 2.45) is 0 Å². The highest BCUT2D eigenvalue weighted by Crippen LogP contribution is 2.26. The van der Waals surface area contributed by atoms with Crippen LogP contribution in [0.1, 0.15) is 38.1 Å². The number of hydrogen-bond acceptors (Lipinski definition) is 2. The predicted octanol–water partition coefficient (Wildman–Crippen LogP) is 3.27. The molecule has 1 aromatic rings. The maximum atomic E-state index is 11.3. The summed E-state index contributed by atoms with van der Waals surface area (Å²) in [5.74, 6) is 0.0688. The highest BCUT2D eigenvalue weighted by Gasteiger charge is 2.27. The second-order valence-corrected chi connectivity index (χ2v) is 5.76. The Morgan fingerprint density at radius 3 is 2.32 bits per heavy atom. The topological polar surface area (TPSA) is 32.3 Å². The first-order valence-electron chi connectivity index (χ1n) is 6.23. The Balaban J connectivity index is 2.36. The number of carbonyl (C=O) groups is 1. The molecule has 1 aromatic carbocycles. The number of anilines is 1. The molecular weight excluding hydrogens is 256 g/mol. The van der Waals surface area contributed by atoms with E-state index in [1.807, 2.05) is 36.1 Å². The minimum absolute atomic E-state index is 0.0688. The van der Waals surface area contributed by atoms with Gasteiger partial charge in [0.1, 0.15) is 0 Å². The van der Waals surface area contributed by atoms with Crippen molar-refractivity contribution in [2.45, 2.75) is 33.2 Å². The van der Waals surface area contributed by atoms with E-state index >= 15 is 0 Å². The molecular formula is C15H18N2OS. The van der Waals surface area contributed by atoms with Gasteiger partial charge in [0.15, 0.2) is 10.9 Å². The van der Waals surface area contributed by atoms with Crippen molar-refractivity contribution >= 4 is 28.8 Å². The lowest BCUT2D eigenvalue weighted by Gasteiger charge is -2.38. The number of Topliss-reactive ketones (excluding diaryl/α,β-unsaturated/α-hetero) is 1. The van der Waals surface area contributed by atoms with Gasteiger partial charge in [0, 0.05) is 16.9 Å². The third-order valence-corrected chi connectivity index (χ3v) is 3.37. The summed E-state index contributed by atoms with van der Waals surface area (Å²) in [5, 5.41) is 3.97. The lowest BCUT2D eigenvalue weighted by atomic mass is 10.0. The lowest BCUT2D eigenvalue weighted by Crippen LogP contribution is -2.53. The zero-order valence-corrected chi connectivity index (χ0v) is 12.5. The molecule has 0 spiro atoms. The summed E-state index contributed by atoms with van der Waals surface area (Å²) < 4.78 is 0. The van der Waals surface area contributed by atoms with Crippen molar-refractivity contribution in [3.05, 3.63) is 41.6 Å². The molecule has 100 valence electrons. The van der Waals surface area contributed by atoms with Crippen LogP contribution in [0.3, 0.4) is 0 Å². The first kappa shape index (κ1) is 13.7. The Morgan fingerprint density at radius 2 is 1.84 bits per heavy atom. The van der Waals surface area contributed by atoms with E-state index in [0.29, 0.717) is 10.7 Å². The van der Waals surface area contributed by atoms with Gasteiger partial charge in [-0.05, 0) is 70.3 Å². The number of nitrogens with one attached hydrogen (secondary N) is 1. The Morgan fingerprint density at radius 1 is 1.26 bits per heavy atom. The van der Waals surface area contributed by atoms with Crippen molar-refractivity contribution in [3.63, 3.8) is 0 Å². The van der Waals surface area contributed by atoms with Crippen LogP contribution in [0, 0.1) is 0 Å². The number of carbonyl (C=O) groups excluding carboxylic acids is 1. The number of allylic oxidation sites excluding steroid dienone is 1. The van der Waals surface area contributed by atoms with Gasteiger partial charge in [-0.2, -0.15) is 0 Å². The minimum Gasteiger partial charge on any atom is -0.354 e. The van der Waals surface area contributed by atoms with E-state index in [1.165, 1.54) is 0 Å². The monoisotopic (exact) mass is 274 g/mol. The molecule has 0 aromatic heterocycles. The maximum absolute atomic E-state index is 11.3. The van der Waals surface area contributed by atoms with Crippen molar-refractivity contribution in [2.75, 3.05) is 4.90 Å². The Hall–Kier alpha value is -1.68. The van der Waals surface area contributed by atoms with Crippen molar-refractivity contribution in [1.29, 1.82) is 0 Å². The van der Waals surface area contributed by atoms with Crippen LogP contribution >= 0.6 is 12.2 Å². The molecule has 1 heterocycles. The van der Waals surface area contributed by atoms with E-state index < -0.39 is 0 Å². The fourth-order valence-corrected chi connectivity index (χ4v) is 2.79. The summed E-state index contributed by atoms with van der Waals surface area (Å²) in [4.78, 5) is 13.3. The Kier molecular flexibility index (Phi) is 3.45. The van der Waals surface area contributed by atoms with Gasteiger partial charge in [-0.25, -0.2) is 0 Å². The fraction of sp³-hybridized carbons (Fsp3) is 0.333. The molecule has 1 aliphatic rings. The van der Waals surface area contributed by atoms with Crippen molar-refractivity contribution in [1.82, 2.24) is 5.32 Å². The highest BCUT2D eigenvalue weighted by atomic mass is 32.1. The summed E-state index contributed by atoms with van der Waals surface area (Å²) in [6.07, 6.45) is 2.14. The second kappa shape index (κ2) is 4.78. The quantitative estimate of drug-likeness (QED) is 0.662. The van der Waals surface area contributed by atoms with E-state index in [-0.39, 0.29) is 11.3 Å². The summed E-state index contributed by atoms with van der Waals surface area (Å²) in [7, 11) is 0. The normalized spacial score (nSPS) is 17.8. The van der Waals surface area contributed by atoms with Crippen molar-refractivity contribution in [3.8, 4) is 0 Å². The molecule has 0 saturated carbocycles. The number of benzene rings is 1. The van der Waals surface area contributed by atoms with Gasteiger partial charge in [-0.15, -0.1) is 0 Å². The molecule has 0 bridgehead atoms. The lowest BCUT2D eigenvalue weighted by molar-refractivity contribution is 0.101.